The highest BCUT2D eigenvalue weighted by molar-refractivity contribution is 6.32. The van der Waals surface area contributed by atoms with Gasteiger partial charge in [-0.2, -0.15) is 0 Å². The molecule has 1 rings (SSSR count). The third kappa shape index (κ3) is 5.30. The van der Waals surface area contributed by atoms with Crippen LogP contribution in [0.5, 0.6) is 11.5 Å². The summed E-state index contributed by atoms with van der Waals surface area (Å²) in [5.74, 6) is 0.840. The third-order valence-electron chi connectivity index (χ3n) is 3.32. The average Bonchev–Trinajstić information content (AvgIpc) is 2.50. The summed E-state index contributed by atoms with van der Waals surface area (Å²) < 4.78 is 10.4. The van der Waals surface area contributed by atoms with Crippen molar-refractivity contribution in [1.29, 1.82) is 0 Å². The first kappa shape index (κ1) is 20.1. The number of oxime groups is 1. The average molecular weight is 357 g/mol. The molecule has 0 aliphatic rings. The van der Waals surface area contributed by atoms with Crippen molar-refractivity contribution in [3.8, 4) is 11.5 Å². The maximum absolute atomic E-state index is 12.1. The van der Waals surface area contributed by atoms with Gasteiger partial charge in [-0.15, -0.1) is 0 Å². The molecule has 6 nitrogen and oxygen atoms in total. The zero-order valence-electron chi connectivity index (χ0n) is 15.0. The number of nitrogens with zero attached hydrogens (tertiary/aromatic N) is 2. The van der Waals surface area contributed by atoms with Crippen LogP contribution in [0.4, 0.5) is 0 Å². The predicted molar refractivity (Wildman–Crippen MR) is 95.2 cm³/mol. The van der Waals surface area contributed by atoms with Gasteiger partial charge >= 0.3 is 0 Å². The minimum atomic E-state index is -0.117. The van der Waals surface area contributed by atoms with Crippen LogP contribution in [-0.2, 0) is 9.63 Å². The standard InChI is InChI=1S/C17H25ClN2O4/c1-11(2)20(12(3)4)16(21)10-24-19-9-13-7-14(18)17(23-6)15(8-13)22-5/h7-9,11-12H,10H2,1-6H3/b19-9-. The summed E-state index contributed by atoms with van der Waals surface area (Å²) in [6, 6.07) is 3.60. The molecule has 0 aliphatic carbocycles. The highest BCUT2D eigenvalue weighted by Gasteiger charge is 2.20. The second-order valence-corrected chi connectivity index (χ2v) is 6.14. The van der Waals surface area contributed by atoms with Crippen LogP contribution in [0.1, 0.15) is 33.3 Å². The van der Waals surface area contributed by atoms with Gasteiger partial charge < -0.3 is 19.2 Å². The Hall–Kier alpha value is -1.95. The molecule has 0 N–H and O–H groups in total. The molecule has 0 atom stereocenters. The van der Waals surface area contributed by atoms with Crippen molar-refractivity contribution in [2.75, 3.05) is 20.8 Å². The van der Waals surface area contributed by atoms with Gasteiger partial charge in [0.1, 0.15) is 0 Å². The van der Waals surface area contributed by atoms with Gasteiger partial charge in [-0.3, -0.25) is 4.79 Å². The van der Waals surface area contributed by atoms with Crippen LogP contribution in [0.2, 0.25) is 5.02 Å². The van der Waals surface area contributed by atoms with Crippen LogP contribution in [0.15, 0.2) is 17.3 Å². The number of carbonyl (C=O) groups is 1. The molecule has 0 spiro atoms. The topological polar surface area (TPSA) is 60.4 Å². The maximum Gasteiger partial charge on any atom is 0.263 e. The fourth-order valence-corrected chi connectivity index (χ4v) is 2.75. The Bertz CT molecular complexity index is 580. The molecular weight excluding hydrogens is 332 g/mol. The minimum Gasteiger partial charge on any atom is -0.493 e. The fourth-order valence-electron chi connectivity index (χ4n) is 2.45. The maximum atomic E-state index is 12.1. The lowest BCUT2D eigenvalue weighted by molar-refractivity contribution is -0.139. The predicted octanol–water partition coefficient (Wildman–Crippen LogP) is 3.35. The Morgan fingerprint density at radius 1 is 1.21 bits per heavy atom. The van der Waals surface area contributed by atoms with Gasteiger partial charge in [-0.25, -0.2) is 0 Å². The van der Waals surface area contributed by atoms with Crippen LogP contribution in [0, 0.1) is 0 Å². The highest BCUT2D eigenvalue weighted by atomic mass is 35.5. The summed E-state index contributed by atoms with van der Waals surface area (Å²) in [6.07, 6.45) is 1.47. The first-order chi connectivity index (χ1) is 11.3. The Kier molecular flexibility index (Phi) is 7.85. The molecule has 7 heteroatoms. The van der Waals surface area contributed by atoms with E-state index in [1.165, 1.54) is 20.4 Å². The number of rotatable bonds is 8. The third-order valence-corrected chi connectivity index (χ3v) is 3.60. The number of amides is 1. The van der Waals surface area contributed by atoms with Gasteiger partial charge in [-0.05, 0) is 39.8 Å². The second kappa shape index (κ2) is 9.37. The van der Waals surface area contributed by atoms with Gasteiger partial charge in [0.2, 0.25) is 0 Å². The molecule has 1 amide bonds. The number of ether oxygens (including phenoxy) is 2. The molecule has 0 unspecified atom stereocenters. The van der Waals surface area contributed by atoms with Crippen molar-refractivity contribution in [2.24, 2.45) is 5.16 Å². The van der Waals surface area contributed by atoms with E-state index in [0.29, 0.717) is 22.1 Å². The van der Waals surface area contributed by atoms with Gasteiger partial charge in [0.05, 0.1) is 25.5 Å². The fraction of sp³-hybridized carbons (Fsp3) is 0.529. The molecule has 0 bridgehead atoms. The summed E-state index contributed by atoms with van der Waals surface area (Å²) in [5, 5.41) is 4.23. The quantitative estimate of drug-likeness (QED) is 0.529. The summed E-state index contributed by atoms with van der Waals surface area (Å²) in [4.78, 5) is 19.0. The molecular formula is C17H25ClN2O4. The number of methoxy groups -OCH3 is 2. The molecule has 24 heavy (non-hydrogen) atoms. The van der Waals surface area contributed by atoms with Gasteiger partial charge in [0.15, 0.2) is 18.1 Å². The Morgan fingerprint density at radius 2 is 1.83 bits per heavy atom. The molecule has 1 aromatic carbocycles. The van der Waals surface area contributed by atoms with Crippen LogP contribution in [0.3, 0.4) is 0 Å². The van der Waals surface area contributed by atoms with Crippen molar-refractivity contribution < 1.29 is 19.1 Å². The van der Waals surface area contributed by atoms with Crippen LogP contribution >= 0.6 is 11.6 Å². The second-order valence-electron chi connectivity index (χ2n) is 5.73. The summed E-state index contributed by atoms with van der Waals surface area (Å²) >= 11 is 6.12. The number of benzene rings is 1. The smallest absolute Gasteiger partial charge is 0.263 e. The number of hydrogen-bond acceptors (Lipinski definition) is 5. The van der Waals surface area contributed by atoms with Crippen LogP contribution in [0.25, 0.3) is 0 Å². The lowest BCUT2D eigenvalue weighted by Gasteiger charge is -2.30. The highest BCUT2D eigenvalue weighted by Crippen LogP contribution is 2.35. The van der Waals surface area contributed by atoms with E-state index in [0.717, 1.165) is 0 Å². The van der Waals surface area contributed by atoms with E-state index < -0.39 is 0 Å². The Balaban J connectivity index is 2.71. The molecule has 0 radical (unpaired) electrons. The summed E-state index contributed by atoms with van der Waals surface area (Å²) in [5.41, 5.74) is 0.676. The van der Waals surface area contributed by atoms with Gasteiger partial charge in [-0.1, -0.05) is 16.8 Å². The Labute approximate surface area is 148 Å². The normalized spacial score (nSPS) is 11.2. The number of hydrogen-bond donors (Lipinski definition) is 0. The monoisotopic (exact) mass is 356 g/mol. The van der Waals surface area contributed by atoms with Crippen LogP contribution in [-0.4, -0.2) is 49.9 Å². The van der Waals surface area contributed by atoms with E-state index in [4.69, 9.17) is 25.9 Å². The number of carbonyl (C=O) groups excluding carboxylic acids is 1. The first-order valence-electron chi connectivity index (χ1n) is 7.69. The van der Waals surface area contributed by atoms with E-state index >= 15 is 0 Å². The molecule has 0 aromatic heterocycles. The zero-order valence-corrected chi connectivity index (χ0v) is 15.8. The largest absolute Gasteiger partial charge is 0.493 e. The van der Waals surface area contributed by atoms with Gasteiger partial charge in [0.25, 0.3) is 5.91 Å². The molecule has 0 heterocycles. The molecule has 0 saturated carbocycles. The lowest BCUT2D eigenvalue weighted by Crippen LogP contribution is -2.43. The SMILES string of the molecule is COc1cc(/C=N\OCC(=O)N(C(C)C)C(C)C)cc(Cl)c1OC. The Morgan fingerprint density at radius 3 is 2.33 bits per heavy atom. The summed E-state index contributed by atoms with van der Waals surface area (Å²) in [7, 11) is 3.04. The molecule has 0 fully saturated rings. The first-order valence-corrected chi connectivity index (χ1v) is 8.07. The van der Waals surface area contributed by atoms with E-state index in [9.17, 15) is 4.79 Å². The van der Waals surface area contributed by atoms with E-state index in [-0.39, 0.29) is 24.6 Å². The minimum absolute atomic E-state index is 0.106. The molecule has 0 saturated heterocycles. The van der Waals surface area contributed by atoms with E-state index in [1.807, 2.05) is 27.7 Å². The molecule has 1 aromatic rings. The van der Waals surface area contributed by atoms with E-state index in [1.54, 1.807) is 17.0 Å². The molecule has 0 aliphatic heterocycles. The number of halogens is 1. The summed E-state index contributed by atoms with van der Waals surface area (Å²) in [6.45, 7) is 7.74. The van der Waals surface area contributed by atoms with Crippen molar-refractivity contribution in [3.05, 3.63) is 22.7 Å². The van der Waals surface area contributed by atoms with Crippen molar-refractivity contribution in [2.45, 2.75) is 39.8 Å². The van der Waals surface area contributed by atoms with Gasteiger partial charge in [0, 0.05) is 17.6 Å². The van der Waals surface area contributed by atoms with Crippen molar-refractivity contribution >= 4 is 23.7 Å². The zero-order chi connectivity index (χ0) is 18.3. The van der Waals surface area contributed by atoms with Crippen molar-refractivity contribution in [3.63, 3.8) is 0 Å². The van der Waals surface area contributed by atoms with Crippen LogP contribution < -0.4 is 9.47 Å². The van der Waals surface area contributed by atoms with Crippen molar-refractivity contribution in [1.82, 2.24) is 4.90 Å². The lowest BCUT2D eigenvalue weighted by atomic mass is 10.2. The van der Waals surface area contributed by atoms with E-state index in [2.05, 4.69) is 5.16 Å². The molecule has 134 valence electrons.